The van der Waals surface area contributed by atoms with Crippen molar-refractivity contribution >= 4 is 4.54 Å². The maximum atomic E-state index is 3.18. The molecule has 0 spiro atoms. The quantitative estimate of drug-likeness (QED) is 0.467. The average Bonchev–Trinajstić information content (AvgIpc) is 1.38. The molecule has 5 heavy (non-hydrogen) atoms. The molecule has 2 heteroatoms. The van der Waals surface area contributed by atoms with E-state index in [1.807, 2.05) is 14.0 Å². The number of rotatable bonds is 1. The summed E-state index contributed by atoms with van der Waals surface area (Å²) in [5.74, 6) is 0. The summed E-state index contributed by atoms with van der Waals surface area (Å²) in [4.78, 5) is 0. The van der Waals surface area contributed by atoms with E-state index in [1.54, 1.807) is 0 Å². The summed E-state index contributed by atoms with van der Waals surface area (Å²) >= 11 is 3.18. The van der Waals surface area contributed by atoms with Gasteiger partial charge in [0, 0.05) is 0 Å². The predicted octanol–water partition coefficient (Wildman–Crippen LogP) is -0.0976. The third-order valence-corrected chi connectivity index (χ3v) is 0.640. The molecule has 0 aliphatic carbocycles. The van der Waals surface area contributed by atoms with Crippen LogP contribution in [0.15, 0.2) is 0 Å². The molecule has 0 aromatic carbocycles. The van der Waals surface area contributed by atoms with Gasteiger partial charge in [0.2, 0.25) is 0 Å². The Bertz CT molecular complexity index is 42.2. The van der Waals surface area contributed by atoms with Crippen molar-refractivity contribution in [3.05, 3.63) is 0 Å². The Hall–Kier alpha value is 0.349. The van der Waals surface area contributed by atoms with Gasteiger partial charge in [-0.05, 0) is 0 Å². The summed E-state index contributed by atoms with van der Waals surface area (Å²) in [6, 6.07) is 0. The molecule has 1 nitrogen and oxygen atoms in total. The molecule has 1 N–H and O–H groups in total. The van der Waals surface area contributed by atoms with Crippen LogP contribution >= 0.6 is 0 Å². The molecule has 0 atom stereocenters. The third-order valence-electron chi connectivity index (χ3n) is 0.344. The van der Waals surface area contributed by atoms with Gasteiger partial charge in [-0.25, -0.2) is 0 Å². The molecule has 31 valence electrons. The van der Waals surface area contributed by atoms with E-state index < -0.39 is 0 Å². The van der Waals surface area contributed by atoms with E-state index in [0.29, 0.717) is 0 Å². The van der Waals surface area contributed by atoms with Gasteiger partial charge in [0.15, 0.2) is 0 Å². The van der Waals surface area contributed by atoms with E-state index in [9.17, 15) is 0 Å². The molecular formula is C3H7MnN. The van der Waals surface area contributed by atoms with Crippen LogP contribution < -0.4 is 5.32 Å². The van der Waals surface area contributed by atoms with Gasteiger partial charge in [-0.1, -0.05) is 0 Å². The number of hydrogen-bond acceptors (Lipinski definition) is 1. The van der Waals surface area contributed by atoms with E-state index in [1.165, 1.54) is 0 Å². The minimum absolute atomic E-state index is 1.07. The molecule has 0 aliphatic rings. The number of nitrogens with one attached hydrogen (secondary N) is 1. The molecule has 0 aromatic heterocycles. The third kappa shape index (κ3) is 4.35. The fourth-order valence-electron chi connectivity index (χ4n) is 0. The van der Waals surface area contributed by atoms with Gasteiger partial charge in [-0.3, -0.25) is 0 Å². The van der Waals surface area contributed by atoms with Crippen molar-refractivity contribution in [2.24, 2.45) is 0 Å². The maximum absolute atomic E-state index is 3.18. The summed E-state index contributed by atoms with van der Waals surface area (Å²) in [5.41, 5.74) is 0. The minimum atomic E-state index is 1.07. The van der Waals surface area contributed by atoms with E-state index in [2.05, 4.69) is 20.9 Å². The molecule has 0 rings (SSSR count). The van der Waals surface area contributed by atoms with E-state index in [0.717, 1.165) is 4.54 Å². The predicted molar refractivity (Wildman–Crippen MR) is 19.7 cm³/mol. The zero-order valence-electron chi connectivity index (χ0n) is 3.38. The average molecular weight is 112 g/mol. The Morgan fingerprint density at radius 2 is 2.00 bits per heavy atom. The van der Waals surface area contributed by atoms with Gasteiger partial charge >= 0.3 is 39.4 Å². The molecule has 0 bridgehead atoms. The van der Waals surface area contributed by atoms with Crippen molar-refractivity contribution in [3.63, 3.8) is 0 Å². The van der Waals surface area contributed by atoms with Crippen molar-refractivity contribution in [1.29, 1.82) is 0 Å². The normalized spacial score (nSPS) is 7.60. The summed E-state index contributed by atoms with van der Waals surface area (Å²) < 4.78 is 1.07. The van der Waals surface area contributed by atoms with Gasteiger partial charge in [0.1, 0.15) is 0 Å². The Balaban J connectivity index is 2.85. The summed E-state index contributed by atoms with van der Waals surface area (Å²) in [7, 11) is 1.87. The molecule has 0 saturated carbocycles. The molecule has 0 aromatic rings. The van der Waals surface area contributed by atoms with E-state index in [-0.39, 0.29) is 0 Å². The zero-order valence-corrected chi connectivity index (χ0v) is 4.56. The van der Waals surface area contributed by atoms with Crippen molar-refractivity contribution in [3.8, 4) is 0 Å². The monoisotopic (exact) mass is 112 g/mol. The van der Waals surface area contributed by atoms with Gasteiger partial charge in [-0.2, -0.15) is 0 Å². The van der Waals surface area contributed by atoms with Crippen molar-refractivity contribution in [2.75, 3.05) is 7.05 Å². The molecule has 0 aliphatic heterocycles. The van der Waals surface area contributed by atoms with E-state index in [4.69, 9.17) is 0 Å². The number of hydrogen-bond donors (Lipinski definition) is 1. The van der Waals surface area contributed by atoms with Crippen LogP contribution in [0.3, 0.4) is 0 Å². The second kappa shape index (κ2) is 2.58. The van der Waals surface area contributed by atoms with Crippen LogP contribution in [-0.4, -0.2) is 11.6 Å². The molecule has 0 saturated heterocycles. The fraction of sp³-hybridized carbons (Fsp3) is 0.667. The standard InChI is InChI=1S/C3H7N.Mn/c1-3-4-2;/h4H,1-2H3;. The fourth-order valence-corrected chi connectivity index (χ4v) is 0. The van der Waals surface area contributed by atoms with Crippen molar-refractivity contribution in [1.82, 2.24) is 5.32 Å². The molecule has 0 heterocycles. The first-order valence-electron chi connectivity index (χ1n) is 1.44. The second-order valence-corrected chi connectivity index (χ2v) is 1.67. The Labute approximate surface area is 40.1 Å². The first-order chi connectivity index (χ1) is 2.27. The topological polar surface area (TPSA) is 12.0 Å². The van der Waals surface area contributed by atoms with Crippen LogP contribution in [0, 0.1) is 0 Å². The summed E-state index contributed by atoms with van der Waals surface area (Å²) in [6.07, 6.45) is 0. The molecule has 0 radical (unpaired) electrons. The van der Waals surface area contributed by atoms with Gasteiger partial charge in [0.25, 0.3) is 0 Å². The van der Waals surface area contributed by atoms with Gasteiger partial charge in [0.05, 0.1) is 0 Å². The van der Waals surface area contributed by atoms with Gasteiger partial charge in [-0.15, -0.1) is 0 Å². The second-order valence-electron chi connectivity index (χ2n) is 0.783. The van der Waals surface area contributed by atoms with Crippen LogP contribution in [0.4, 0.5) is 0 Å². The first-order valence-corrected chi connectivity index (χ1v) is 2.03. The van der Waals surface area contributed by atoms with Crippen LogP contribution in [0.5, 0.6) is 0 Å². The van der Waals surface area contributed by atoms with Crippen LogP contribution in [0.25, 0.3) is 0 Å². The van der Waals surface area contributed by atoms with Crippen molar-refractivity contribution < 1.29 is 15.6 Å². The Morgan fingerprint density at radius 1 is 1.80 bits per heavy atom. The summed E-state index contributed by atoms with van der Waals surface area (Å²) in [5, 5.41) is 2.86. The molecular weight excluding hydrogens is 105 g/mol. The molecule has 0 amide bonds. The Kier molecular flexibility index (Phi) is 2.76. The Morgan fingerprint density at radius 3 is 2.00 bits per heavy atom. The van der Waals surface area contributed by atoms with Gasteiger partial charge < -0.3 is 0 Å². The summed E-state index contributed by atoms with van der Waals surface area (Å²) in [6.45, 7) is 1.94. The first kappa shape index (κ1) is 5.35. The van der Waals surface area contributed by atoms with Crippen LogP contribution in [0.2, 0.25) is 0 Å². The SMILES string of the molecule is CN[C](C)=[Mn]. The molecule has 0 unspecified atom stereocenters. The zero-order chi connectivity index (χ0) is 4.28. The van der Waals surface area contributed by atoms with E-state index >= 15 is 0 Å². The molecule has 0 fully saturated rings. The van der Waals surface area contributed by atoms with Crippen molar-refractivity contribution in [2.45, 2.75) is 6.92 Å². The van der Waals surface area contributed by atoms with Crippen LogP contribution in [-0.2, 0) is 15.6 Å². The van der Waals surface area contributed by atoms with Crippen LogP contribution in [0.1, 0.15) is 6.92 Å².